The fourth-order valence-corrected chi connectivity index (χ4v) is 9.20. The van der Waals surface area contributed by atoms with E-state index in [1.54, 1.807) is 31.2 Å². The summed E-state index contributed by atoms with van der Waals surface area (Å²) < 4.78 is 0. The van der Waals surface area contributed by atoms with E-state index in [4.69, 9.17) is 0 Å². The van der Waals surface area contributed by atoms with E-state index in [-0.39, 0.29) is 34.7 Å². The van der Waals surface area contributed by atoms with Crippen LogP contribution in [0.3, 0.4) is 0 Å². The Labute approximate surface area is 276 Å². The summed E-state index contributed by atoms with van der Waals surface area (Å²) in [6.07, 6.45) is 11.7. The third-order valence-corrected chi connectivity index (χ3v) is 11.7. The normalized spacial score (nSPS) is 31.1. The number of aliphatic hydroxyl groups excluding tert-OH is 1. The maximum atomic E-state index is 12.9. The first-order valence-corrected chi connectivity index (χ1v) is 17.5. The molecule has 0 aliphatic heterocycles. The molecule has 8 nitrogen and oxygen atoms in total. The number of hydrogen-bond donors (Lipinski definition) is 4. The van der Waals surface area contributed by atoms with Crippen LogP contribution in [0.5, 0.6) is 0 Å². The zero-order valence-corrected chi connectivity index (χ0v) is 28.9. The van der Waals surface area contributed by atoms with Crippen molar-refractivity contribution in [1.82, 2.24) is 16.1 Å². The fourth-order valence-electron chi connectivity index (χ4n) is 9.20. The molecule has 0 saturated heterocycles. The third-order valence-electron chi connectivity index (χ3n) is 11.7. The molecule has 7 unspecified atom stereocenters. The van der Waals surface area contributed by atoms with E-state index in [1.165, 1.54) is 31.3 Å². The van der Waals surface area contributed by atoms with Crippen molar-refractivity contribution >= 4 is 23.4 Å². The summed E-state index contributed by atoms with van der Waals surface area (Å²) in [5.41, 5.74) is 6.97. The van der Waals surface area contributed by atoms with Gasteiger partial charge in [0.1, 0.15) is 0 Å². The molecule has 3 saturated carbocycles. The Hall–Kier alpha value is -3.26. The first-order chi connectivity index (χ1) is 21.9. The molecule has 3 fully saturated rings. The highest BCUT2D eigenvalue weighted by Gasteiger charge is 2.59. The van der Waals surface area contributed by atoms with Gasteiger partial charge in [0.05, 0.1) is 11.8 Å². The second kappa shape index (κ2) is 15.1. The molecule has 8 heteroatoms. The molecule has 0 aromatic heterocycles. The minimum atomic E-state index is -0.298. The number of carbonyl (C=O) groups is 3. The van der Waals surface area contributed by atoms with Crippen LogP contribution in [-0.4, -0.2) is 47.7 Å². The number of nitrogens with one attached hydrogen (secondary N) is 3. The molecule has 4 aliphatic rings. The highest BCUT2D eigenvalue weighted by molar-refractivity contribution is 6.00. The van der Waals surface area contributed by atoms with Gasteiger partial charge in [-0.15, -0.1) is 0 Å². The summed E-state index contributed by atoms with van der Waals surface area (Å²) >= 11 is 0. The largest absolute Gasteiger partial charge is 0.393 e. The Morgan fingerprint density at radius 1 is 0.935 bits per heavy atom. The summed E-state index contributed by atoms with van der Waals surface area (Å²) in [5, 5.41) is 20.6. The van der Waals surface area contributed by atoms with E-state index < -0.39 is 0 Å². The van der Waals surface area contributed by atoms with Crippen molar-refractivity contribution in [2.24, 2.45) is 39.6 Å². The van der Waals surface area contributed by atoms with Gasteiger partial charge in [-0.05, 0) is 136 Å². The average molecular weight is 633 g/mol. The van der Waals surface area contributed by atoms with Crippen LogP contribution in [0.25, 0.3) is 0 Å². The van der Waals surface area contributed by atoms with E-state index >= 15 is 0 Å². The van der Waals surface area contributed by atoms with Gasteiger partial charge in [0.2, 0.25) is 5.91 Å². The number of hydrazone groups is 1. The van der Waals surface area contributed by atoms with Crippen LogP contribution in [0.15, 0.2) is 53.2 Å². The van der Waals surface area contributed by atoms with Crippen molar-refractivity contribution in [2.45, 2.75) is 105 Å². The van der Waals surface area contributed by atoms with Crippen LogP contribution >= 0.6 is 0 Å². The van der Waals surface area contributed by atoms with Crippen LogP contribution in [0, 0.1) is 34.5 Å². The molecule has 5 rings (SSSR count). The van der Waals surface area contributed by atoms with Gasteiger partial charge >= 0.3 is 0 Å². The first-order valence-electron chi connectivity index (χ1n) is 17.5. The van der Waals surface area contributed by atoms with E-state index in [1.807, 2.05) is 20.8 Å². The monoisotopic (exact) mass is 632 g/mol. The second-order valence-electron chi connectivity index (χ2n) is 14.2. The van der Waals surface area contributed by atoms with Crippen molar-refractivity contribution < 1.29 is 19.5 Å². The number of fused-ring (bicyclic) bond motifs is 5. The van der Waals surface area contributed by atoms with E-state index in [0.29, 0.717) is 54.0 Å². The van der Waals surface area contributed by atoms with Crippen molar-refractivity contribution in [1.29, 1.82) is 0 Å². The summed E-state index contributed by atoms with van der Waals surface area (Å²) in [7, 11) is 0. The van der Waals surface area contributed by atoms with Crippen LogP contribution in [0.1, 0.15) is 120 Å². The summed E-state index contributed by atoms with van der Waals surface area (Å²) in [6.45, 7) is 17.0. The molecule has 1 aromatic carbocycles. The fraction of sp³-hybridized carbons (Fsp3) is 0.632. The number of hydrogen-bond acceptors (Lipinski definition) is 5. The summed E-state index contributed by atoms with van der Waals surface area (Å²) in [6, 6.07) is 6.54. The van der Waals surface area contributed by atoms with Crippen molar-refractivity contribution in [2.75, 3.05) is 13.1 Å². The van der Waals surface area contributed by atoms with E-state index in [2.05, 4.69) is 47.7 Å². The molecule has 0 radical (unpaired) electrons. The SMILES string of the molecule is C=C(C)C(=O)NCCCNC(=O)c1ccc(C(=O)N/N=C2/C=C3CCC4C(CCC5(C)C(C(C)O)CCC45)C3(C)CC2)cc1.CC. The van der Waals surface area contributed by atoms with E-state index in [0.717, 1.165) is 37.3 Å². The lowest BCUT2D eigenvalue weighted by atomic mass is 9.46. The van der Waals surface area contributed by atoms with Gasteiger partial charge < -0.3 is 15.7 Å². The predicted molar refractivity (Wildman–Crippen MR) is 184 cm³/mol. The Kier molecular flexibility index (Phi) is 11.7. The molecule has 1 aromatic rings. The zero-order chi connectivity index (χ0) is 33.6. The van der Waals surface area contributed by atoms with Crippen molar-refractivity contribution in [3.05, 3.63) is 59.2 Å². The third kappa shape index (κ3) is 7.32. The topological polar surface area (TPSA) is 120 Å². The quantitative estimate of drug-likeness (QED) is 0.140. The van der Waals surface area contributed by atoms with E-state index in [9.17, 15) is 19.5 Å². The van der Waals surface area contributed by atoms with Crippen molar-refractivity contribution in [3.8, 4) is 0 Å². The van der Waals surface area contributed by atoms with Crippen LogP contribution < -0.4 is 16.1 Å². The molecule has 0 heterocycles. The molecule has 7 atom stereocenters. The highest BCUT2D eigenvalue weighted by atomic mass is 16.3. The molecule has 46 heavy (non-hydrogen) atoms. The van der Waals surface area contributed by atoms with Gasteiger partial charge in [0, 0.05) is 29.8 Å². The van der Waals surface area contributed by atoms with Gasteiger partial charge in [-0.1, -0.05) is 39.8 Å². The molecule has 0 spiro atoms. The number of amides is 3. The average Bonchev–Trinajstić information content (AvgIpc) is 3.41. The standard InChI is InChI=1S/C36H50N4O4.C2H6/c1-22(2)32(42)37-19-6-20-38-33(43)24-7-9-25(10-8-24)34(44)40-39-27-15-17-35(4)26(21-27)11-12-28-30-14-13-29(23(3)41)36(30,5)18-16-31(28)35;1-2/h7-10,21,23,28-31,41H,1,6,11-20H2,2-5H3,(H,37,42)(H,38,43)(H,40,44);1-2H3/b39-27+;. The Bertz CT molecular complexity index is 1350. The summed E-state index contributed by atoms with van der Waals surface area (Å²) in [4.78, 5) is 36.8. The van der Waals surface area contributed by atoms with Crippen LogP contribution in [0.4, 0.5) is 0 Å². The molecule has 3 amide bonds. The molecule has 4 aliphatic carbocycles. The minimum absolute atomic E-state index is 0.186. The molecular weight excluding hydrogens is 576 g/mol. The lowest BCUT2D eigenvalue weighted by molar-refractivity contribution is -0.117. The highest BCUT2D eigenvalue weighted by Crippen LogP contribution is 2.67. The number of allylic oxidation sites excluding steroid dienone is 2. The van der Waals surface area contributed by atoms with Gasteiger partial charge in [-0.2, -0.15) is 5.10 Å². The predicted octanol–water partition coefficient (Wildman–Crippen LogP) is 6.57. The Morgan fingerprint density at radius 2 is 1.59 bits per heavy atom. The summed E-state index contributed by atoms with van der Waals surface area (Å²) in [5.74, 6) is 1.84. The van der Waals surface area contributed by atoms with Gasteiger partial charge in [-0.3, -0.25) is 14.4 Å². The maximum absolute atomic E-state index is 12.9. The molecule has 252 valence electrons. The Balaban J connectivity index is 0.00000235. The van der Waals surface area contributed by atoms with Gasteiger partial charge in [-0.25, -0.2) is 5.43 Å². The lowest BCUT2D eigenvalue weighted by Crippen LogP contribution is -2.51. The molecule has 0 bridgehead atoms. The number of rotatable bonds is 9. The Morgan fingerprint density at radius 3 is 2.24 bits per heavy atom. The number of carbonyl (C=O) groups excluding carboxylic acids is 3. The zero-order valence-electron chi connectivity index (χ0n) is 28.9. The first kappa shape index (κ1) is 35.6. The van der Waals surface area contributed by atoms with Crippen molar-refractivity contribution in [3.63, 3.8) is 0 Å². The number of aliphatic hydroxyl groups is 1. The van der Waals surface area contributed by atoms with Crippen LogP contribution in [-0.2, 0) is 4.79 Å². The maximum Gasteiger partial charge on any atom is 0.271 e. The van der Waals surface area contributed by atoms with Gasteiger partial charge in [0.15, 0.2) is 0 Å². The smallest absolute Gasteiger partial charge is 0.271 e. The van der Waals surface area contributed by atoms with Crippen LogP contribution in [0.2, 0.25) is 0 Å². The molecule has 4 N–H and O–H groups in total. The van der Waals surface area contributed by atoms with Gasteiger partial charge in [0.25, 0.3) is 11.8 Å². The number of benzene rings is 1. The lowest BCUT2D eigenvalue weighted by Gasteiger charge is -2.58. The number of nitrogens with zero attached hydrogens (tertiary/aromatic N) is 1. The minimum Gasteiger partial charge on any atom is -0.393 e. The molecular formula is C38H56N4O4. The second-order valence-corrected chi connectivity index (χ2v) is 14.2.